The zero-order valence-electron chi connectivity index (χ0n) is 14.0. The van der Waals surface area contributed by atoms with Gasteiger partial charge in [-0.1, -0.05) is 42.0 Å². The van der Waals surface area contributed by atoms with Gasteiger partial charge in [0.1, 0.15) is 17.4 Å². The molecule has 5 heteroatoms. The van der Waals surface area contributed by atoms with Crippen molar-refractivity contribution in [1.82, 2.24) is 4.98 Å². The normalized spacial score (nSPS) is 11.0. The highest BCUT2D eigenvalue weighted by atomic mass is 79.9. The maximum absolute atomic E-state index is 6.03. The van der Waals surface area contributed by atoms with Crippen LogP contribution in [0.2, 0.25) is 0 Å². The Balaban J connectivity index is 1.61. The molecule has 1 aromatic heterocycles. The molecule has 4 rings (SSSR count). The minimum absolute atomic E-state index is 0.526. The lowest BCUT2D eigenvalue weighted by molar-refractivity contribution is 0.302. The van der Waals surface area contributed by atoms with Crippen molar-refractivity contribution in [3.8, 4) is 16.3 Å². The Morgan fingerprint density at radius 2 is 1.65 bits per heavy atom. The van der Waals surface area contributed by atoms with E-state index in [0.29, 0.717) is 6.61 Å². The van der Waals surface area contributed by atoms with Crippen LogP contribution in [0.5, 0.6) is 5.75 Å². The standard InChI is InChI=1S/C21H15Br2NOS/c1-13-6-8-14(9-7-13)12-25-20-16(22)10-15(11-17(20)23)21-24-18-4-2-3-5-19(18)26-21/h2-11H,12H2,1H3. The Morgan fingerprint density at radius 3 is 2.35 bits per heavy atom. The molecule has 0 bridgehead atoms. The molecule has 0 atom stereocenters. The first kappa shape index (κ1) is 17.7. The lowest BCUT2D eigenvalue weighted by atomic mass is 10.2. The minimum Gasteiger partial charge on any atom is -0.487 e. The molecular weight excluding hydrogens is 474 g/mol. The predicted octanol–water partition coefficient (Wildman–Crippen LogP) is 7.38. The summed E-state index contributed by atoms with van der Waals surface area (Å²) < 4.78 is 9.04. The second-order valence-electron chi connectivity index (χ2n) is 6.03. The van der Waals surface area contributed by atoms with Crippen molar-refractivity contribution < 1.29 is 4.74 Å². The SMILES string of the molecule is Cc1ccc(COc2c(Br)cc(-c3nc4ccccc4s3)cc2Br)cc1. The third-order valence-electron chi connectivity index (χ3n) is 4.04. The molecule has 0 fully saturated rings. The lowest BCUT2D eigenvalue weighted by Gasteiger charge is -2.12. The van der Waals surface area contributed by atoms with Crippen LogP contribution in [0.25, 0.3) is 20.8 Å². The molecule has 4 aromatic rings. The summed E-state index contributed by atoms with van der Waals surface area (Å²) in [5.41, 5.74) is 4.48. The van der Waals surface area contributed by atoms with Crippen molar-refractivity contribution in [3.05, 3.63) is 80.7 Å². The monoisotopic (exact) mass is 487 g/mol. The van der Waals surface area contributed by atoms with Gasteiger partial charge in [-0.25, -0.2) is 4.98 Å². The first-order valence-corrected chi connectivity index (χ1v) is 10.5. The van der Waals surface area contributed by atoms with Crippen LogP contribution < -0.4 is 4.74 Å². The quantitative estimate of drug-likeness (QED) is 0.299. The summed E-state index contributed by atoms with van der Waals surface area (Å²) in [6, 6.07) is 20.7. The van der Waals surface area contributed by atoms with Gasteiger partial charge in [-0.2, -0.15) is 0 Å². The molecular formula is C21H15Br2NOS. The zero-order chi connectivity index (χ0) is 18.1. The van der Waals surface area contributed by atoms with Crippen LogP contribution in [0.3, 0.4) is 0 Å². The third kappa shape index (κ3) is 3.70. The second-order valence-corrected chi connectivity index (χ2v) is 8.77. The first-order chi connectivity index (χ1) is 12.6. The predicted molar refractivity (Wildman–Crippen MR) is 116 cm³/mol. The van der Waals surface area contributed by atoms with Crippen LogP contribution >= 0.6 is 43.2 Å². The lowest BCUT2D eigenvalue weighted by Crippen LogP contribution is -1.97. The molecule has 0 saturated carbocycles. The van der Waals surface area contributed by atoms with E-state index in [1.807, 2.05) is 18.2 Å². The summed E-state index contributed by atoms with van der Waals surface area (Å²) in [6.45, 7) is 2.61. The van der Waals surface area contributed by atoms with E-state index < -0.39 is 0 Å². The molecule has 0 radical (unpaired) electrons. The zero-order valence-corrected chi connectivity index (χ0v) is 18.0. The highest BCUT2D eigenvalue weighted by Crippen LogP contribution is 2.40. The van der Waals surface area contributed by atoms with Crippen LogP contribution in [-0.4, -0.2) is 4.98 Å². The van der Waals surface area contributed by atoms with Crippen molar-refractivity contribution in [2.75, 3.05) is 0 Å². The van der Waals surface area contributed by atoms with E-state index in [0.717, 1.165) is 36.3 Å². The molecule has 1 heterocycles. The number of thiazole rings is 1. The van der Waals surface area contributed by atoms with Gasteiger partial charge in [0, 0.05) is 5.56 Å². The smallest absolute Gasteiger partial charge is 0.148 e. The summed E-state index contributed by atoms with van der Waals surface area (Å²) in [4.78, 5) is 4.73. The fraction of sp³-hybridized carbons (Fsp3) is 0.0952. The molecule has 0 aliphatic heterocycles. The van der Waals surface area contributed by atoms with E-state index in [1.165, 1.54) is 10.3 Å². The Kier molecular flexibility index (Phi) is 5.11. The molecule has 130 valence electrons. The van der Waals surface area contributed by atoms with Crippen LogP contribution in [-0.2, 0) is 6.61 Å². The van der Waals surface area contributed by atoms with Gasteiger partial charge in [0.15, 0.2) is 0 Å². The number of aromatic nitrogens is 1. The highest BCUT2D eigenvalue weighted by Gasteiger charge is 2.13. The van der Waals surface area contributed by atoms with Crippen molar-refractivity contribution in [1.29, 1.82) is 0 Å². The maximum Gasteiger partial charge on any atom is 0.148 e. The van der Waals surface area contributed by atoms with Gasteiger partial charge in [0.25, 0.3) is 0 Å². The number of aryl methyl sites for hydroxylation is 1. The molecule has 2 nitrogen and oxygen atoms in total. The molecule has 0 unspecified atom stereocenters. The van der Waals surface area contributed by atoms with E-state index in [2.05, 4.69) is 81.2 Å². The van der Waals surface area contributed by atoms with Crippen LogP contribution in [0, 0.1) is 6.92 Å². The number of nitrogens with zero attached hydrogens (tertiary/aromatic N) is 1. The number of halogens is 2. The highest BCUT2D eigenvalue weighted by molar-refractivity contribution is 9.11. The molecule has 26 heavy (non-hydrogen) atoms. The Hall–Kier alpha value is -1.69. The van der Waals surface area contributed by atoms with Gasteiger partial charge in [0.05, 0.1) is 19.2 Å². The third-order valence-corrected chi connectivity index (χ3v) is 6.31. The number of hydrogen-bond donors (Lipinski definition) is 0. The van der Waals surface area contributed by atoms with Gasteiger partial charge in [0.2, 0.25) is 0 Å². The van der Waals surface area contributed by atoms with Gasteiger partial charge in [-0.3, -0.25) is 0 Å². The van der Waals surface area contributed by atoms with Crippen molar-refractivity contribution >= 4 is 53.4 Å². The Morgan fingerprint density at radius 1 is 0.962 bits per heavy atom. The van der Waals surface area contributed by atoms with Gasteiger partial charge >= 0.3 is 0 Å². The van der Waals surface area contributed by atoms with E-state index in [-0.39, 0.29) is 0 Å². The fourth-order valence-corrected chi connectivity index (χ4v) is 5.02. The van der Waals surface area contributed by atoms with E-state index in [1.54, 1.807) is 11.3 Å². The summed E-state index contributed by atoms with van der Waals surface area (Å²) in [6.07, 6.45) is 0. The molecule has 0 saturated heterocycles. The number of hydrogen-bond acceptors (Lipinski definition) is 3. The average molecular weight is 489 g/mol. The van der Waals surface area contributed by atoms with Gasteiger partial charge < -0.3 is 4.74 Å². The Labute approximate surface area is 173 Å². The number of benzene rings is 3. The number of para-hydroxylation sites is 1. The van der Waals surface area contributed by atoms with Gasteiger partial charge in [-0.15, -0.1) is 11.3 Å². The molecule has 0 aliphatic carbocycles. The molecule has 0 N–H and O–H groups in total. The van der Waals surface area contributed by atoms with E-state index in [4.69, 9.17) is 9.72 Å². The average Bonchev–Trinajstić information content (AvgIpc) is 3.06. The van der Waals surface area contributed by atoms with Gasteiger partial charge in [-0.05, 0) is 68.6 Å². The summed E-state index contributed by atoms with van der Waals surface area (Å²) >= 11 is 8.98. The fourth-order valence-electron chi connectivity index (χ4n) is 2.66. The minimum atomic E-state index is 0.526. The van der Waals surface area contributed by atoms with Crippen LogP contribution in [0.15, 0.2) is 69.6 Å². The van der Waals surface area contributed by atoms with E-state index >= 15 is 0 Å². The number of fused-ring (bicyclic) bond motifs is 1. The summed E-state index contributed by atoms with van der Waals surface area (Å²) in [5, 5.41) is 0.998. The Bertz CT molecular complexity index is 1020. The van der Waals surface area contributed by atoms with Crippen molar-refractivity contribution in [2.24, 2.45) is 0 Å². The number of rotatable bonds is 4. The van der Waals surface area contributed by atoms with E-state index in [9.17, 15) is 0 Å². The number of ether oxygens (including phenoxy) is 1. The maximum atomic E-state index is 6.03. The summed E-state index contributed by atoms with van der Waals surface area (Å²) in [5.74, 6) is 0.801. The van der Waals surface area contributed by atoms with Crippen molar-refractivity contribution in [2.45, 2.75) is 13.5 Å². The second kappa shape index (κ2) is 7.51. The van der Waals surface area contributed by atoms with Crippen LogP contribution in [0.1, 0.15) is 11.1 Å². The van der Waals surface area contributed by atoms with Crippen molar-refractivity contribution in [3.63, 3.8) is 0 Å². The molecule has 0 spiro atoms. The molecule has 0 aliphatic rings. The topological polar surface area (TPSA) is 22.1 Å². The van der Waals surface area contributed by atoms with Crippen LogP contribution in [0.4, 0.5) is 0 Å². The summed E-state index contributed by atoms with van der Waals surface area (Å²) in [7, 11) is 0. The largest absolute Gasteiger partial charge is 0.487 e. The first-order valence-electron chi connectivity index (χ1n) is 8.13. The molecule has 3 aromatic carbocycles. The molecule has 0 amide bonds.